The van der Waals surface area contributed by atoms with Crippen LogP contribution >= 0.6 is 11.8 Å². The summed E-state index contributed by atoms with van der Waals surface area (Å²) in [4.78, 5) is 12.6. The van der Waals surface area contributed by atoms with Crippen LogP contribution in [0.15, 0.2) is 133 Å². The normalized spacial score (nSPS) is 17.3. The van der Waals surface area contributed by atoms with E-state index in [-0.39, 0.29) is 30.5 Å². The fraction of sp³-hybridized carbons (Fsp3) is 0.179. The molecule has 3 atom stereocenters. The molecule has 1 aliphatic rings. The molecule has 0 bridgehead atoms. The maximum atomic E-state index is 12.6. The molecule has 7 rings (SSSR count). The van der Waals surface area contributed by atoms with Crippen molar-refractivity contribution < 1.29 is 24.5 Å². The molecule has 0 radical (unpaired) electrons. The average molecular weight is 686 g/mol. The molecule has 1 aliphatic heterocycles. The number of carbonyl (C=O) groups excluding carboxylic acids is 1. The highest BCUT2D eigenvalue weighted by Crippen LogP contribution is 2.40. The molecule has 50 heavy (non-hydrogen) atoms. The van der Waals surface area contributed by atoms with Gasteiger partial charge in [0, 0.05) is 29.8 Å². The third-order valence-corrected chi connectivity index (χ3v) is 9.51. The summed E-state index contributed by atoms with van der Waals surface area (Å²) in [6.07, 6.45) is -0.482. The van der Waals surface area contributed by atoms with Crippen LogP contribution in [-0.4, -0.2) is 48.2 Å². The van der Waals surface area contributed by atoms with Crippen LogP contribution in [0.4, 0.5) is 0 Å². The number of aromatic hydroxyl groups is 1. The van der Waals surface area contributed by atoms with Gasteiger partial charge in [-0.25, -0.2) is 0 Å². The molecule has 0 aliphatic carbocycles. The molecule has 10 nitrogen and oxygen atoms in total. The predicted octanol–water partition coefficient (Wildman–Crippen LogP) is 6.79. The number of amides is 1. The number of phenolic OH excluding ortho intramolecular Hbond substituents is 1. The van der Waals surface area contributed by atoms with E-state index in [0.29, 0.717) is 29.4 Å². The first kappa shape index (κ1) is 33.2. The Morgan fingerprint density at radius 2 is 1.58 bits per heavy atom. The third kappa shape index (κ3) is 7.93. The number of benzene rings is 5. The first-order valence-electron chi connectivity index (χ1n) is 16.3. The number of aromatic nitrogens is 4. The lowest BCUT2D eigenvalue weighted by Gasteiger charge is -2.36. The van der Waals surface area contributed by atoms with E-state index in [1.807, 2.05) is 72.8 Å². The van der Waals surface area contributed by atoms with Crippen molar-refractivity contribution in [1.29, 1.82) is 0 Å². The van der Waals surface area contributed by atoms with Crippen molar-refractivity contribution in [2.45, 2.75) is 43.2 Å². The molecule has 11 heteroatoms. The van der Waals surface area contributed by atoms with Gasteiger partial charge in [-0.15, -0.1) is 5.10 Å². The Balaban J connectivity index is 1.09. The Bertz CT molecular complexity index is 2040. The molecular formula is C39H35N5O5S. The van der Waals surface area contributed by atoms with Gasteiger partial charge in [-0.05, 0) is 86.8 Å². The quantitative estimate of drug-likeness (QED) is 0.126. The van der Waals surface area contributed by atoms with Crippen LogP contribution in [-0.2, 0) is 22.6 Å². The Labute approximate surface area is 293 Å². The van der Waals surface area contributed by atoms with Crippen LogP contribution in [0.1, 0.15) is 51.4 Å². The number of aliphatic hydroxyl groups is 1. The number of aliphatic hydroxyl groups excluding tert-OH is 1. The van der Waals surface area contributed by atoms with Gasteiger partial charge < -0.3 is 25.0 Å². The van der Waals surface area contributed by atoms with Gasteiger partial charge in [-0.1, -0.05) is 90.6 Å². The number of rotatable bonds is 11. The molecule has 252 valence electrons. The molecule has 0 unspecified atom stereocenters. The average Bonchev–Trinajstić information content (AvgIpc) is 3.65. The van der Waals surface area contributed by atoms with Crippen molar-refractivity contribution in [3.8, 4) is 22.6 Å². The van der Waals surface area contributed by atoms with Gasteiger partial charge in [0.15, 0.2) is 6.29 Å². The summed E-state index contributed by atoms with van der Waals surface area (Å²) < 4.78 is 14.9. The Hall–Kier alpha value is -5.33. The van der Waals surface area contributed by atoms with E-state index < -0.39 is 6.29 Å². The number of thioether (sulfide) groups is 1. The SMILES string of the molecule is O=C(NCc1cccc(-c2cccc([C@H]3O[C@@H](CSc4nnnn4-c4ccc(O)cc4)C[C@@H](c4ccc(CO)cc4)O3)c2)c1)c1ccccc1. The number of phenols is 1. The zero-order chi connectivity index (χ0) is 34.3. The second-order valence-electron chi connectivity index (χ2n) is 11.9. The van der Waals surface area contributed by atoms with Gasteiger partial charge in [-0.3, -0.25) is 4.79 Å². The summed E-state index contributed by atoms with van der Waals surface area (Å²) in [6.45, 7) is 0.377. The lowest BCUT2D eigenvalue weighted by Crippen LogP contribution is -2.31. The highest BCUT2D eigenvalue weighted by molar-refractivity contribution is 7.99. The third-order valence-electron chi connectivity index (χ3n) is 8.46. The maximum absolute atomic E-state index is 12.6. The summed E-state index contributed by atoms with van der Waals surface area (Å²) in [5.74, 6) is 0.620. The minimum atomic E-state index is -0.641. The van der Waals surface area contributed by atoms with Gasteiger partial charge in [0.1, 0.15) is 5.75 Å². The summed E-state index contributed by atoms with van der Waals surface area (Å²) in [6, 6.07) is 39.9. The van der Waals surface area contributed by atoms with Crippen molar-refractivity contribution in [3.05, 3.63) is 155 Å². The first-order chi connectivity index (χ1) is 24.5. The minimum absolute atomic E-state index is 0.0278. The fourth-order valence-corrected chi connectivity index (χ4v) is 6.72. The number of carbonyl (C=O) groups is 1. The van der Waals surface area contributed by atoms with Gasteiger partial charge in [0.05, 0.1) is 24.5 Å². The van der Waals surface area contributed by atoms with Crippen LogP contribution in [0.25, 0.3) is 16.8 Å². The highest BCUT2D eigenvalue weighted by Gasteiger charge is 2.33. The van der Waals surface area contributed by atoms with Crippen LogP contribution in [0.3, 0.4) is 0 Å². The summed E-state index contributed by atoms with van der Waals surface area (Å²) in [5, 5.41) is 35.2. The molecule has 0 spiro atoms. The van der Waals surface area contributed by atoms with E-state index in [4.69, 9.17) is 9.47 Å². The molecule has 2 heterocycles. The lowest BCUT2D eigenvalue weighted by atomic mass is 9.99. The molecule has 1 saturated heterocycles. The number of hydrogen-bond acceptors (Lipinski definition) is 9. The fourth-order valence-electron chi connectivity index (χ4n) is 5.81. The summed E-state index contributed by atoms with van der Waals surface area (Å²) in [5.41, 5.74) is 7.08. The molecule has 1 aromatic heterocycles. The van der Waals surface area contributed by atoms with E-state index in [1.54, 1.807) is 41.1 Å². The Morgan fingerprint density at radius 3 is 2.36 bits per heavy atom. The van der Waals surface area contributed by atoms with Crippen molar-refractivity contribution in [2.24, 2.45) is 0 Å². The van der Waals surface area contributed by atoms with Crippen LogP contribution in [0, 0.1) is 0 Å². The van der Waals surface area contributed by atoms with Gasteiger partial charge in [-0.2, -0.15) is 4.68 Å². The van der Waals surface area contributed by atoms with E-state index in [2.05, 4.69) is 39.0 Å². The lowest BCUT2D eigenvalue weighted by molar-refractivity contribution is -0.245. The van der Waals surface area contributed by atoms with Crippen molar-refractivity contribution in [1.82, 2.24) is 25.5 Å². The number of hydrogen-bond donors (Lipinski definition) is 3. The minimum Gasteiger partial charge on any atom is -0.508 e. The first-order valence-corrected chi connectivity index (χ1v) is 17.2. The van der Waals surface area contributed by atoms with Crippen molar-refractivity contribution in [3.63, 3.8) is 0 Å². The number of nitrogens with zero attached hydrogens (tertiary/aromatic N) is 4. The molecule has 5 aromatic carbocycles. The topological polar surface area (TPSA) is 132 Å². The second-order valence-corrected chi connectivity index (χ2v) is 12.9. The van der Waals surface area contributed by atoms with E-state index in [9.17, 15) is 15.0 Å². The molecule has 0 saturated carbocycles. The zero-order valence-corrected chi connectivity index (χ0v) is 27.8. The number of tetrazole rings is 1. The summed E-state index contributed by atoms with van der Waals surface area (Å²) >= 11 is 1.49. The van der Waals surface area contributed by atoms with Crippen LogP contribution in [0.5, 0.6) is 5.75 Å². The number of ether oxygens (including phenoxy) is 2. The molecule has 1 amide bonds. The second kappa shape index (κ2) is 15.5. The molecule has 1 fully saturated rings. The number of nitrogens with one attached hydrogen (secondary N) is 1. The largest absolute Gasteiger partial charge is 0.508 e. The molecule has 3 N–H and O–H groups in total. The zero-order valence-electron chi connectivity index (χ0n) is 27.0. The standard InChI is InChI=1S/C39H35N5O5S/c45-24-26-12-14-28(15-13-26)36-22-35(25-50-39-41-42-43-44(39)33-16-18-34(46)19-17-33)48-38(49-36)32-11-5-10-31(21-32)30-9-4-6-27(20-30)23-40-37(47)29-7-2-1-3-8-29/h1-21,35-36,38,45-46H,22-25H2,(H,40,47)/t35-,36+,38+/m1/s1. The molecular weight excluding hydrogens is 651 g/mol. The monoisotopic (exact) mass is 685 g/mol. The molecule has 6 aromatic rings. The van der Waals surface area contributed by atoms with E-state index in [1.165, 1.54) is 11.8 Å². The van der Waals surface area contributed by atoms with Crippen molar-refractivity contribution >= 4 is 17.7 Å². The predicted molar refractivity (Wildman–Crippen MR) is 189 cm³/mol. The smallest absolute Gasteiger partial charge is 0.251 e. The van der Waals surface area contributed by atoms with Gasteiger partial charge in [0.2, 0.25) is 5.16 Å². The van der Waals surface area contributed by atoms with Crippen LogP contribution < -0.4 is 5.32 Å². The summed E-state index contributed by atoms with van der Waals surface area (Å²) in [7, 11) is 0. The van der Waals surface area contributed by atoms with Crippen LogP contribution in [0.2, 0.25) is 0 Å². The van der Waals surface area contributed by atoms with E-state index >= 15 is 0 Å². The highest BCUT2D eigenvalue weighted by atomic mass is 32.2. The van der Waals surface area contributed by atoms with Crippen molar-refractivity contribution in [2.75, 3.05) is 5.75 Å². The Morgan fingerprint density at radius 1 is 0.820 bits per heavy atom. The van der Waals surface area contributed by atoms with Gasteiger partial charge in [0.25, 0.3) is 5.91 Å². The maximum Gasteiger partial charge on any atom is 0.251 e. The Kier molecular flexibility index (Phi) is 10.3. The van der Waals surface area contributed by atoms with E-state index in [0.717, 1.165) is 39.1 Å². The van der Waals surface area contributed by atoms with Gasteiger partial charge >= 0.3 is 0 Å².